The molecule has 39 heteroatoms. The van der Waals surface area contributed by atoms with Gasteiger partial charge in [0.1, 0.15) is 54.2 Å². The van der Waals surface area contributed by atoms with Crippen molar-refractivity contribution in [3.8, 4) is 11.5 Å². The number of halogens is 1. The Labute approximate surface area is 609 Å². The molecule has 3 aromatic rings. The zero-order chi connectivity index (χ0) is 77.5. The first-order valence-electron chi connectivity index (χ1n) is 32.9. The van der Waals surface area contributed by atoms with Crippen molar-refractivity contribution in [2.75, 3.05) is 53.9 Å². The number of H-pyrrole nitrogens is 1. The molecule has 0 spiro atoms. The Balaban J connectivity index is 0.000000209. The first-order valence-corrected chi connectivity index (χ1v) is 37.0. The quantitative estimate of drug-likeness (QED) is 0.0432. The third kappa shape index (κ3) is 26.2. The van der Waals surface area contributed by atoms with E-state index in [9.17, 15) is 63.1 Å². The van der Waals surface area contributed by atoms with Crippen LogP contribution in [0.1, 0.15) is 76.8 Å². The number of esters is 2. The van der Waals surface area contributed by atoms with Gasteiger partial charge in [0.15, 0.2) is 18.7 Å². The first kappa shape index (κ1) is 86.0. The summed E-state index contributed by atoms with van der Waals surface area (Å²) in [7, 11) is -1.55. The smallest absolute Gasteiger partial charge is 0.459 e. The highest BCUT2D eigenvalue weighted by Gasteiger charge is 2.41. The monoisotopic (exact) mass is 1540 g/mol. The van der Waals surface area contributed by atoms with Gasteiger partial charge in [-0.15, -0.1) is 0 Å². The summed E-state index contributed by atoms with van der Waals surface area (Å²) in [5.41, 5.74) is 2.90. The Bertz CT molecular complexity index is 3830. The number of aromatic nitrogens is 2. The van der Waals surface area contributed by atoms with Crippen LogP contribution >= 0.6 is 25.9 Å². The maximum absolute atomic E-state index is 13.4. The molecule has 13 N–H and O–H groups in total. The van der Waals surface area contributed by atoms with Crippen LogP contribution in [-0.2, 0) is 70.8 Å². The number of nitrogens with zero attached hydrogens (tertiary/aromatic N) is 4. The lowest BCUT2D eigenvalue weighted by molar-refractivity contribution is -0.144. The Morgan fingerprint density at radius 2 is 1.02 bits per heavy atom. The van der Waals surface area contributed by atoms with Crippen LogP contribution in [0.15, 0.2) is 136 Å². The molecule has 0 bridgehead atoms. The molecule has 36 nitrogen and oxygen atoms in total. The molecule has 11 rings (SSSR count). The number of aliphatic hydroxyl groups excluding tert-OH is 7. The Morgan fingerprint density at radius 1 is 0.590 bits per heavy atom. The number of aromatic amines is 1. The minimum Gasteiger partial charge on any atom is -0.468 e. The minimum absolute atomic E-state index is 0.105. The van der Waals surface area contributed by atoms with Crippen LogP contribution in [0.3, 0.4) is 0 Å². The fourth-order valence-electron chi connectivity index (χ4n) is 9.94. The molecule has 0 aliphatic carbocycles. The highest BCUT2D eigenvalue weighted by atomic mass is 35.7. The number of carbonyl (C=O) groups is 5. The van der Waals surface area contributed by atoms with Gasteiger partial charge in [0.05, 0.1) is 46.8 Å². The molecule has 6 unspecified atom stereocenters. The van der Waals surface area contributed by atoms with E-state index in [0.717, 1.165) is 24.3 Å². The SMILES string of the molecule is C1CCOC1.CC1=CN([C@H]2C=C[C@@H](CO)O2)[C@@H](O)NC1=O.CC1=CN([C@H]2CC(O)C(CO)O2)[C@@H](O)NC1=O.COC(=O)C(C)NP(=O)(Cl)Oc1ccc(C)cc1.COC(=O)C(C)NP(=O)(OC[C@@H]1C=C[C@H](N2C=C(C)C(=O)N[C@@H]2O)O1)Oc1ccc(C)cc1.Cc1cn([C@H]2C=C[C@@H](CO)O2)c(=O)[nH]c1=O. The van der Waals surface area contributed by atoms with Gasteiger partial charge in [-0.05, 0) is 111 Å². The molecular weight excluding hydrogens is 1450 g/mol. The second-order valence-electron chi connectivity index (χ2n) is 24.3. The summed E-state index contributed by atoms with van der Waals surface area (Å²) >= 11 is 5.72. The van der Waals surface area contributed by atoms with E-state index >= 15 is 0 Å². The van der Waals surface area contributed by atoms with Crippen LogP contribution in [-0.4, -0.2) is 224 Å². The van der Waals surface area contributed by atoms with Crippen LogP contribution in [0.25, 0.3) is 0 Å². The number of hydrogen-bond acceptors (Lipinski definition) is 29. The molecule has 2 saturated heterocycles. The van der Waals surface area contributed by atoms with Gasteiger partial charge in [-0.2, -0.15) is 5.09 Å². The topological polar surface area (TPSA) is 478 Å². The third-order valence-corrected chi connectivity index (χ3v) is 19.0. The number of aliphatic hydroxyl groups is 7. The molecule has 8 aliphatic heterocycles. The third-order valence-electron chi connectivity index (χ3n) is 15.8. The highest BCUT2D eigenvalue weighted by Crippen LogP contribution is 2.49. The van der Waals surface area contributed by atoms with E-state index in [1.807, 2.05) is 13.8 Å². The number of hydrogen-bond donors (Lipinski definition) is 13. The van der Waals surface area contributed by atoms with Crippen molar-refractivity contribution in [3.63, 3.8) is 0 Å². The van der Waals surface area contributed by atoms with Crippen LogP contribution in [0.4, 0.5) is 0 Å². The van der Waals surface area contributed by atoms with E-state index in [2.05, 4.69) is 40.6 Å². The van der Waals surface area contributed by atoms with Crippen molar-refractivity contribution in [1.29, 1.82) is 0 Å². The lowest BCUT2D eigenvalue weighted by atomic mass is 10.2. The molecule has 9 heterocycles. The molecule has 3 amide bonds. The largest absolute Gasteiger partial charge is 0.468 e. The summed E-state index contributed by atoms with van der Waals surface area (Å²) in [5.74, 6) is -1.56. The van der Waals surface area contributed by atoms with Crippen molar-refractivity contribution in [1.82, 2.24) is 50.4 Å². The fourth-order valence-corrected chi connectivity index (χ4v) is 13.1. The van der Waals surface area contributed by atoms with Crippen LogP contribution < -0.4 is 46.4 Å². The first-order chi connectivity index (χ1) is 49.7. The second-order valence-corrected chi connectivity index (χ2v) is 28.7. The lowest BCUT2D eigenvalue weighted by Crippen LogP contribution is -2.53. The van der Waals surface area contributed by atoms with Gasteiger partial charge < -0.3 is 109 Å². The number of benzene rings is 2. The predicted molar refractivity (Wildman–Crippen MR) is 374 cm³/mol. The Kier molecular flexibility index (Phi) is 33.3. The molecule has 2 aromatic carbocycles. The summed E-state index contributed by atoms with van der Waals surface area (Å²) in [4.78, 5) is 86.3. The zero-order valence-corrected chi connectivity index (χ0v) is 61.8. The standard InChI is InChI=1S/C21H28N3O8P.C11H15ClNO4P.C10H16N2O5.C10H14N2O4.C10H12N2O4.C4H8O/c1-13-5-7-16(8-6-13)32-33(28,23-15(3)20(26)29-4)30-12-17-9-10-18(31-17)24-11-14(2)19(25)22-21(24)27;1-8-4-6-10(7-5-8)17-18(12,15)13-9(2)11(14)16-3;1-5-3-12(10(16)11-9(5)15)8-2-6(14)7(4-13)17-8;2*1-6-4-12(10(15)11-9(6)14)8-3-2-7(5-13)16-8;1-2-4-5-3-1/h5-11,15,17-18,21,27H,12H2,1-4H3,(H,22,25)(H,23,28);4-7,9H,1-3H3,(H,13,15);3,6-8,10,13-14,16H,2,4H2,1H3,(H,11,15);2-4,7-8,10,13,15H,5H2,1H3,(H,11,14);2-4,7-8,13H,5H2,1H3,(H,11,14,15);1-4H2/t15?,17-,18+,21-,33?;;6?,7?,8-,10+;7-,8+,10-;7-,8+;/m0.100./s1. The van der Waals surface area contributed by atoms with Crippen molar-refractivity contribution < 1.29 is 116 Å². The molecule has 8 aliphatic rings. The molecule has 2 fully saturated rings. The molecule has 0 saturated carbocycles. The minimum atomic E-state index is -4.01. The molecule has 105 heavy (non-hydrogen) atoms. The maximum Gasteiger partial charge on any atom is 0.459 e. The second kappa shape index (κ2) is 40.7. The molecule has 0 radical (unpaired) electrons. The summed E-state index contributed by atoms with van der Waals surface area (Å²) in [5, 5.41) is 77.9. The summed E-state index contributed by atoms with van der Waals surface area (Å²) in [6.07, 6.45) is 10.3. The van der Waals surface area contributed by atoms with Crippen molar-refractivity contribution in [2.24, 2.45) is 0 Å². The number of methoxy groups -OCH3 is 2. The number of nitrogens with one attached hydrogen (secondary N) is 6. The van der Waals surface area contributed by atoms with Crippen LogP contribution in [0.5, 0.6) is 11.5 Å². The molecule has 580 valence electrons. The average molecular weight is 1540 g/mol. The van der Waals surface area contributed by atoms with Crippen molar-refractivity contribution in [3.05, 3.63) is 164 Å². The van der Waals surface area contributed by atoms with Gasteiger partial charge in [0.25, 0.3) is 23.3 Å². The van der Waals surface area contributed by atoms with E-state index in [4.69, 9.17) is 63.8 Å². The summed E-state index contributed by atoms with van der Waals surface area (Å²) in [6.45, 7) is 10.9. The van der Waals surface area contributed by atoms with Gasteiger partial charge in [-0.3, -0.25) is 42.8 Å². The highest BCUT2D eigenvalue weighted by molar-refractivity contribution is 7.84. The maximum atomic E-state index is 13.4. The number of carbonyl (C=O) groups excluding carboxylic acids is 5. The summed E-state index contributed by atoms with van der Waals surface area (Å²) < 4.78 is 79.0. The number of amides is 3. The van der Waals surface area contributed by atoms with E-state index in [-0.39, 0.29) is 56.7 Å². The van der Waals surface area contributed by atoms with E-state index < -0.39 is 118 Å². The lowest BCUT2D eigenvalue weighted by Gasteiger charge is -2.35. The van der Waals surface area contributed by atoms with Crippen molar-refractivity contribution in [2.45, 2.75) is 161 Å². The van der Waals surface area contributed by atoms with E-state index in [1.165, 1.54) is 85.0 Å². The number of ether oxygens (including phenoxy) is 7. The number of aryl methyl sites for hydroxylation is 3. The molecule has 16 atom stereocenters. The van der Waals surface area contributed by atoms with Gasteiger partial charge in [0.2, 0.25) is 19.1 Å². The van der Waals surface area contributed by atoms with Gasteiger partial charge in [0, 0.05) is 78.0 Å². The van der Waals surface area contributed by atoms with Crippen LogP contribution in [0.2, 0.25) is 0 Å². The zero-order valence-electron chi connectivity index (χ0n) is 59.3. The summed E-state index contributed by atoms with van der Waals surface area (Å²) in [6, 6.07) is 12.0. The Hall–Kier alpha value is -7.94. The predicted octanol–water partition coefficient (Wildman–Crippen LogP) is 1.44. The molecule has 1 aromatic heterocycles. The fraction of sp³-hybridized carbons (Fsp3) is 0.500. The normalized spacial score (nSPS) is 26.7. The Morgan fingerprint density at radius 3 is 1.46 bits per heavy atom. The van der Waals surface area contributed by atoms with Gasteiger partial charge >= 0.3 is 32.2 Å². The van der Waals surface area contributed by atoms with E-state index in [1.54, 1.807) is 113 Å². The number of rotatable bonds is 20. The average Bonchev–Trinajstić information content (AvgIpc) is 1.76. The molecular formula is C66H93ClN10O26P2. The van der Waals surface area contributed by atoms with Crippen molar-refractivity contribution >= 4 is 55.5 Å². The van der Waals surface area contributed by atoms with Gasteiger partial charge in [-0.25, -0.2) is 19.0 Å². The van der Waals surface area contributed by atoms with Gasteiger partial charge in [-0.1, -0.05) is 53.6 Å². The van der Waals surface area contributed by atoms with Crippen LogP contribution in [0, 0.1) is 20.8 Å². The van der Waals surface area contributed by atoms with E-state index in [0.29, 0.717) is 33.8 Å².